The van der Waals surface area contributed by atoms with Crippen molar-refractivity contribution in [2.45, 2.75) is 13.8 Å². The molecule has 6 nitrogen and oxygen atoms in total. The highest BCUT2D eigenvalue weighted by atomic mass is 16.2. The Hall–Kier alpha value is -2.50. The first kappa shape index (κ1) is 14.9. The normalized spacial score (nSPS) is 13.6. The van der Waals surface area contributed by atoms with E-state index in [1.807, 2.05) is 13.8 Å². The summed E-state index contributed by atoms with van der Waals surface area (Å²) in [6.07, 6.45) is 0.508. The van der Waals surface area contributed by atoms with Crippen LogP contribution in [0.3, 0.4) is 0 Å². The molecular weight excluding hydrogens is 272 g/mol. The van der Waals surface area contributed by atoms with Gasteiger partial charge in [0, 0.05) is 19.2 Å². The molecule has 3 amide bonds. The molecule has 0 saturated carbocycles. The molecule has 1 aliphatic rings. The molecule has 21 heavy (non-hydrogen) atoms. The van der Waals surface area contributed by atoms with Gasteiger partial charge in [0.1, 0.15) is 0 Å². The van der Waals surface area contributed by atoms with Gasteiger partial charge in [0.25, 0.3) is 17.7 Å². The predicted molar refractivity (Wildman–Crippen MR) is 75.4 cm³/mol. The molecule has 1 aliphatic heterocycles. The molecule has 1 aromatic carbocycles. The summed E-state index contributed by atoms with van der Waals surface area (Å²) in [5, 5.41) is 2.41. The van der Waals surface area contributed by atoms with Crippen molar-refractivity contribution in [3.8, 4) is 0 Å². The van der Waals surface area contributed by atoms with Crippen LogP contribution in [0.5, 0.6) is 0 Å². The van der Waals surface area contributed by atoms with E-state index in [1.54, 1.807) is 0 Å². The van der Waals surface area contributed by atoms with Crippen molar-refractivity contribution >= 4 is 24.0 Å². The average molecular weight is 288 g/mol. The lowest BCUT2D eigenvalue weighted by Crippen LogP contribution is -2.33. The standard InChI is InChI=1S/C15H16N2O4/c1-8(2)6-17-14(20)11-4-9(7-18)10(13(19)16-3)5-12(11)15(17)21/h4-5,7-8H,6H2,1-3H3,(H,16,19). The van der Waals surface area contributed by atoms with Gasteiger partial charge in [-0.1, -0.05) is 13.8 Å². The maximum absolute atomic E-state index is 12.3. The number of benzene rings is 1. The van der Waals surface area contributed by atoms with Crippen LogP contribution in [0.25, 0.3) is 0 Å². The molecule has 0 atom stereocenters. The van der Waals surface area contributed by atoms with Gasteiger partial charge in [0.2, 0.25) is 0 Å². The van der Waals surface area contributed by atoms with Gasteiger partial charge in [-0.05, 0) is 18.1 Å². The van der Waals surface area contributed by atoms with Gasteiger partial charge in [-0.25, -0.2) is 0 Å². The fourth-order valence-corrected chi connectivity index (χ4v) is 2.31. The summed E-state index contributed by atoms with van der Waals surface area (Å²) in [5.74, 6) is -1.18. The van der Waals surface area contributed by atoms with E-state index in [-0.39, 0.29) is 28.2 Å². The van der Waals surface area contributed by atoms with E-state index >= 15 is 0 Å². The lowest BCUT2D eigenvalue weighted by Gasteiger charge is -2.15. The number of fused-ring (bicyclic) bond motifs is 1. The number of nitrogens with zero attached hydrogens (tertiary/aromatic N) is 1. The van der Waals surface area contributed by atoms with Crippen LogP contribution in [0, 0.1) is 5.92 Å². The van der Waals surface area contributed by atoms with Crippen molar-refractivity contribution in [3.63, 3.8) is 0 Å². The zero-order valence-corrected chi connectivity index (χ0v) is 12.1. The van der Waals surface area contributed by atoms with E-state index in [4.69, 9.17) is 0 Å². The number of hydrogen-bond donors (Lipinski definition) is 1. The quantitative estimate of drug-likeness (QED) is 0.664. The van der Waals surface area contributed by atoms with E-state index in [0.29, 0.717) is 12.8 Å². The van der Waals surface area contributed by atoms with Gasteiger partial charge < -0.3 is 5.32 Å². The maximum atomic E-state index is 12.3. The monoisotopic (exact) mass is 288 g/mol. The van der Waals surface area contributed by atoms with Crippen LogP contribution in [-0.4, -0.2) is 42.5 Å². The van der Waals surface area contributed by atoms with Crippen molar-refractivity contribution in [1.82, 2.24) is 10.2 Å². The van der Waals surface area contributed by atoms with Crippen LogP contribution < -0.4 is 5.32 Å². The second kappa shape index (κ2) is 5.47. The molecule has 6 heteroatoms. The van der Waals surface area contributed by atoms with Crippen molar-refractivity contribution in [3.05, 3.63) is 34.4 Å². The Kier molecular flexibility index (Phi) is 3.88. The van der Waals surface area contributed by atoms with Crippen LogP contribution in [0.15, 0.2) is 12.1 Å². The van der Waals surface area contributed by atoms with E-state index in [1.165, 1.54) is 19.2 Å². The summed E-state index contributed by atoms with van der Waals surface area (Å²) >= 11 is 0. The molecule has 0 aromatic heterocycles. The Balaban J connectivity index is 2.55. The number of carbonyl (C=O) groups is 4. The summed E-state index contributed by atoms with van der Waals surface area (Å²) in [5.41, 5.74) is 0.541. The summed E-state index contributed by atoms with van der Waals surface area (Å²) in [6.45, 7) is 4.10. The Bertz CT molecular complexity index is 649. The highest BCUT2D eigenvalue weighted by molar-refractivity contribution is 6.22. The van der Waals surface area contributed by atoms with E-state index in [2.05, 4.69) is 5.32 Å². The van der Waals surface area contributed by atoms with E-state index < -0.39 is 17.7 Å². The van der Waals surface area contributed by atoms with Crippen LogP contribution >= 0.6 is 0 Å². The molecule has 1 aromatic rings. The fourth-order valence-electron chi connectivity index (χ4n) is 2.31. The SMILES string of the molecule is CNC(=O)c1cc2c(cc1C=O)C(=O)N(CC(C)C)C2=O. The van der Waals surface area contributed by atoms with Crippen molar-refractivity contribution in [1.29, 1.82) is 0 Å². The highest BCUT2D eigenvalue weighted by Gasteiger charge is 2.37. The number of hydrogen-bond acceptors (Lipinski definition) is 4. The van der Waals surface area contributed by atoms with Crippen LogP contribution in [-0.2, 0) is 0 Å². The second-order valence-corrected chi connectivity index (χ2v) is 5.30. The van der Waals surface area contributed by atoms with Crippen molar-refractivity contribution in [2.75, 3.05) is 13.6 Å². The number of nitrogens with one attached hydrogen (secondary N) is 1. The minimum absolute atomic E-state index is 0.0961. The Morgan fingerprint density at radius 3 is 2.29 bits per heavy atom. The molecule has 0 unspecified atom stereocenters. The molecule has 1 heterocycles. The largest absolute Gasteiger partial charge is 0.355 e. The molecule has 0 spiro atoms. The van der Waals surface area contributed by atoms with E-state index in [0.717, 1.165) is 4.90 Å². The number of amides is 3. The summed E-state index contributed by atoms with van der Waals surface area (Å²) in [7, 11) is 1.43. The number of aldehydes is 1. The third-order valence-corrected chi connectivity index (χ3v) is 3.29. The summed E-state index contributed by atoms with van der Waals surface area (Å²) < 4.78 is 0. The molecule has 0 aliphatic carbocycles. The number of imide groups is 1. The lowest BCUT2D eigenvalue weighted by molar-refractivity contribution is 0.0636. The molecule has 0 bridgehead atoms. The summed E-state index contributed by atoms with van der Waals surface area (Å²) in [6, 6.07) is 2.63. The van der Waals surface area contributed by atoms with Crippen molar-refractivity contribution < 1.29 is 19.2 Å². The second-order valence-electron chi connectivity index (χ2n) is 5.30. The third-order valence-electron chi connectivity index (χ3n) is 3.29. The average Bonchev–Trinajstić information content (AvgIpc) is 2.69. The first-order chi connectivity index (χ1) is 9.90. The number of carbonyl (C=O) groups excluding carboxylic acids is 4. The van der Waals surface area contributed by atoms with Crippen LogP contribution in [0.2, 0.25) is 0 Å². The smallest absolute Gasteiger partial charge is 0.261 e. The zero-order valence-electron chi connectivity index (χ0n) is 12.1. The van der Waals surface area contributed by atoms with Gasteiger partial charge >= 0.3 is 0 Å². The van der Waals surface area contributed by atoms with E-state index in [9.17, 15) is 19.2 Å². The first-order valence-electron chi connectivity index (χ1n) is 6.62. The van der Waals surface area contributed by atoms with Crippen LogP contribution in [0.1, 0.15) is 55.3 Å². The predicted octanol–water partition coefficient (Wildman–Crippen LogP) is 1.11. The van der Waals surface area contributed by atoms with Gasteiger partial charge in [0.05, 0.1) is 16.7 Å². The third kappa shape index (κ3) is 2.44. The highest BCUT2D eigenvalue weighted by Crippen LogP contribution is 2.26. The molecule has 0 fully saturated rings. The van der Waals surface area contributed by atoms with Gasteiger partial charge in [-0.2, -0.15) is 0 Å². The van der Waals surface area contributed by atoms with Gasteiger partial charge in [0.15, 0.2) is 6.29 Å². The van der Waals surface area contributed by atoms with Crippen molar-refractivity contribution in [2.24, 2.45) is 5.92 Å². The van der Waals surface area contributed by atoms with Gasteiger partial charge in [-0.3, -0.25) is 24.1 Å². The summed E-state index contributed by atoms with van der Waals surface area (Å²) in [4.78, 5) is 48.6. The topological polar surface area (TPSA) is 83.6 Å². The Morgan fingerprint density at radius 2 is 1.81 bits per heavy atom. The van der Waals surface area contributed by atoms with Gasteiger partial charge in [-0.15, -0.1) is 0 Å². The zero-order chi connectivity index (χ0) is 15.7. The maximum Gasteiger partial charge on any atom is 0.261 e. The number of rotatable bonds is 4. The minimum atomic E-state index is -0.470. The Morgan fingerprint density at radius 1 is 1.24 bits per heavy atom. The molecule has 2 rings (SSSR count). The first-order valence-corrected chi connectivity index (χ1v) is 6.62. The minimum Gasteiger partial charge on any atom is -0.355 e. The molecule has 0 saturated heterocycles. The van der Waals surface area contributed by atoms with Crippen LogP contribution in [0.4, 0.5) is 0 Å². The molecular formula is C15H16N2O4. The Labute approximate surface area is 122 Å². The fraction of sp³-hybridized carbons (Fsp3) is 0.333. The molecule has 110 valence electrons. The molecule has 1 N–H and O–H groups in total. The molecule has 0 radical (unpaired) electrons. The lowest BCUT2D eigenvalue weighted by atomic mass is 9.99.